The molecular formula is C17H31F3N4O2S2. The highest BCUT2D eigenvalue weighted by molar-refractivity contribution is 8.00. The van der Waals surface area contributed by atoms with Crippen LogP contribution in [0.1, 0.15) is 33.6 Å². The van der Waals surface area contributed by atoms with E-state index in [4.69, 9.17) is 4.99 Å². The number of piperidine rings is 1. The molecule has 1 N–H and O–H groups in total. The van der Waals surface area contributed by atoms with E-state index in [9.17, 15) is 21.6 Å². The number of hydrogen-bond donors (Lipinski definition) is 1. The quantitative estimate of drug-likeness (QED) is 0.522. The normalized spacial score (nSPS) is 24.0. The maximum absolute atomic E-state index is 12.7. The SMILES string of the molecule is CCNC(=NCC1CCN(S(=O)(=O)C(F)(F)F)CC1)N1CCSC(C(C)C)C1. The highest BCUT2D eigenvalue weighted by atomic mass is 32.2. The Morgan fingerprint density at radius 1 is 1.25 bits per heavy atom. The lowest BCUT2D eigenvalue weighted by molar-refractivity contribution is -0.0496. The summed E-state index contributed by atoms with van der Waals surface area (Å²) in [6.07, 6.45) is 0.783. The Balaban J connectivity index is 1.94. The molecule has 164 valence electrons. The number of rotatable bonds is 5. The van der Waals surface area contributed by atoms with Crippen LogP contribution in [0.2, 0.25) is 0 Å². The number of thioether (sulfide) groups is 1. The molecule has 2 rings (SSSR count). The zero-order valence-electron chi connectivity index (χ0n) is 16.7. The van der Waals surface area contributed by atoms with E-state index >= 15 is 0 Å². The molecule has 0 aromatic rings. The third-order valence-electron chi connectivity index (χ3n) is 5.18. The topological polar surface area (TPSA) is 65.0 Å². The van der Waals surface area contributed by atoms with Crippen LogP contribution in [0.5, 0.6) is 0 Å². The largest absolute Gasteiger partial charge is 0.511 e. The monoisotopic (exact) mass is 444 g/mol. The predicted molar refractivity (Wildman–Crippen MR) is 108 cm³/mol. The summed E-state index contributed by atoms with van der Waals surface area (Å²) < 4.78 is 61.6. The van der Waals surface area contributed by atoms with Gasteiger partial charge in [0.1, 0.15) is 0 Å². The average Bonchev–Trinajstić information content (AvgIpc) is 2.64. The van der Waals surface area contributed by atoms with Crippen LogP contribution in [0.4, 0.5) is 13.2 Å². The molecule has 11 heteroatoms. The van der Waals surface area contributed by atoms with E-state index in [-0.39, 0.29) is 19.0 Å². The van der Waals surface area contributed by atoms with Gasteiger partial charge in [0.25, 0.3) is 0 Å². The summed E-state index contributed by atoms with van der Waals surface area (Å²) in [6.45, 7) is 9.33. The van der Waals surface area contributed by atoms with E-state index in [2.05, 4.69) is 24.1 Å². The van der Waals surface area contributed by atoms with Crippen LogP contribution in [0, 0.1) is 11.8 Å². The van der Waals surface area contributed by atoms with Crippen molar-refractivity contribution in [2.24, 2.45) is 16.8 Å². The van der Waals surface area contributed by atoms with Gasteiger partial charge in [0.15, 0.2) is 5.96 Å². The van der Waals surface area contributed by atoms with E-state index in [1.165, 1.54) is 0 Å². The summed E-state index contributed by atoms with van der Waals surface area (Å²) in [6, 6.07) is 0. The van der Waals surface area contributed by atoms with Gasteiger partial charge in [-0.3, -0.25) is 4.99 Å². The van der Waals surface area contributed by atoms with Gasteiger partial charge in [-0.1, -0.05) is 13.8 Å². The Morgan fingerprint density at radius 2 is 1.89 bits per heavy atom. The Labute approximate surface area is 170 Å². The molecule has 2 fully saturated rings. The Kier molecular flexibility index (Phi) is 8.33. The molecule has 0 amide bonds. The number of nitrogens with zero attached hydrogens (tertiary/aromatic N) is 3. The maximum Gasteiger partial charge on any atom is 0.511 e. The van der Waals surface area contributed by atoms with Crippen molar-refractivity contribution in [3.05, 3.63) is 0 Å². The van der Waals surface area contributed by atoms with Crippen molar-refractivity contribution in [2.45, 2.75) is 44.4 Å². The standard InChI is InChI=1S/C17H31F3N4O2S2/c1-4-21-16(23-9-10-27-15(12-23)13(2)3)22-11-14-5-7-24(8-6-14)28(25,26)17(18,19)20/h13-15H,4-12H2,1-3H3,(H,21,22). The molecule has 0 spiro atoms. The Morgan fingerprint density at radius 3 is 2.43 bits per heavy atom. The lowest BCUT2D eigenvalue weighted by Gasteiger charge is -2.36. The third-order valence-corrected chi connectivity index (χ3v) is 8.35. The molecule has 2 aliphatic rings. The Bertz CT molecular complexity index is 633. The van der Waals surface area contributed by atoms with Crippen LogP contribution >= 0.6 is 11.8 Å². The second-order valence-corrected chi connectivity index (χ2v) is 10.9. The van der Waals surface area contributed by atoms with Crippen molar-refractivity contribution >= 4 is 27.7 Å². The first-order valence-corrected chi connectivity index (χ1v) is 12.3. The summed E-state index contributed by atoms with van der Waals surface area (Å²) >= 11 is 1.98. The molecular weight excluding hydrogens is 413 g/mol. The van der Waals surface area contributed by atoms with E-state index in [0.717, 1.165) is 31.3 Å². The van der Waals surface area contributed by atoms with E-state index < -0.39 is 15.5 Å². The second-order valence-electron chi connectivity index (χ2n) is 7.59. The van der Waals surface area contributed by atoms with Gasteiger partial charge in [-0.15, -0.1) is 0 Å². The summed E-state index contributed by atoms with van der Waals surface area (Å²) in [5.41, 5.74) is -5.23. The molecule has 0 bridgehead atoms. The zero-order valence-corrected chi connectivity index (χ0v) is 18.3. The van der Waals surface area contributed by atoms with Gasteiger partial charge in [0, 0.05) is 50.3 Å². The number of alkyl halides is 3. The van der Waals surface area contributed by atoms with Gasteiger partial charge in [0.2, 0.25) is 0 Å². The summed E-state index contributed by atoms with van der Waals surface area (Å²) in [5, 5.41) is 3.87. The number of hydrogen-bond acceptors (Lipinski definition) is 4. The van der Waals surface area contributed by atoms with E-state index in [0.29, 0.717) is 34.9 Å². The predicted octanol–water partition coefficient (Wildman–Crippen LogP) is 2.59. The van der Waals surface area contributed by atoms with Crippen LogP contribution in [-0.4, -0.2) is 79.4 Å². The molecule has 0 radical (unpaired) electrons. The second kappa shape index (κ2) is 9.88. The first-order valence-electron chi connectivity index (χ1n) is 9.77. The Hall–Kier alpha value is -0.680. The van der Waals surface area contributed by atoms with Gasteiger partial charge in [-0.2, -0.15) is 29.2 Å². The summed E-state index contributed by atoms with van der Waals surface area (Å²) in [7, 11) is -5.22. The van der Waals surface area contributed by atoms with Crippen LogP contribution in [0.15, 0.2) is 4.99 Å². The van der Waals surface area contributed by atoms with Crippen LogP contribution in [0.25, 0.3) is 0 Å². The minimum absolute atomic E-state index is 0.0911. The molecule has 2 heterocycles. The maximum atomic E-state index is 12.7. The lowest BCUT2D eigenvalue weighted by Crippen LogP contribution is -2.49. The first-order chi connectivity index (χ1) is 13.1. The molecule has 1 atom stereocenters. The molecule has 6 nitrogen and oxygen atoms in total. The van der Waals surface area contributed by atoms with Gasteiger partial charge in [0.05, 0.1) is 0 Å². The van der Waals surface area contributed by atoms with Crippen LogP contribution < -0.4 is 5.32 Å². The number of sulfonamides is 1. The average molecular weight is 445 g/mol. The fourth-order valence-corrected chi connectivity index (χ4v) is 5.67. The molecule has 1 unspecified atom stereocenters. The number of halogens is 3. The van der Waals surface area contributed by atoms with Crippen LogP contribution in [0.3, 0.4) is 0 Å². The van der Waals surface area contributed by atoms with Gasteiger partial charge in [-0.05, 0) is 31.6 Å². The summed E-state index contributed by atoms with van der Waals surface area (Å²) in [5.74, 6) is 2.56. The molecule has 0 saturated carbocycles. The number of guanidine groups is 1. The lowest BCUT2D eigenvalue weighted by atomic mass is 9.98. The molecule has 28 heavy (non-hydrogen) atoms. The third kappa shape index (κ3) is 5.91. The fraction of sp³-hybridized carbons (Fsp3) is 0.941. The van der Waals surface area contributed by atoms with Crippen LogP contribution in [-0.2, 0) is 10.0 Å². The van der Waals surface area contributed by atoms with Crippen molar-refractivity contribution in [3.63, 3.8) is 0 Å². The van der Waals surface area contributed by atoms with Gasteiger partial charge in [-0.25, -0.2) is 8.42 Å². The number of aliphatic imine (C=N–C) groups is 1. The van der Waals surface area contributed by atoms with Crippen molar-refractivity contribution in [1.29, 1.82) is 0 Å². The zero-order chi connectivity index (χ0) is 20.9. The number of nitrogens with one attached hydrogen (secondary N) is 1. The highest BCUT2D eigenvalue weighted by Gasteiger charge is 2.50. The molecule has 2 aliphatic heterocycles. The minimum atomic E-state index is -5.23. The minimum Gasteiger partial charge on any atom is -0.357 e. The van der Waals surface area contributed by atoms with Gasteiger partial charge < -0.3 is 10.2 Å². The highest BCUT2D eigenvalue weighted by Crippen LogP contribution is 2.30. The van der Waals surface area contributed by atoms with Crippen molar-refractivity contribution in [2.75, 3.05) is 45.0 Å². The van der Waals surface area contributed by atoms with Crippen molar-refractivity contribution < 1.29 is 21.6 Å². The van der Waals surface area contributed by atoms with Gasteiger partial charge >= 0.3 is 15.5 Å². The fourth-order valence-electron chi connectivity index (χ4n) is 3.39. The van der Waals surface area contributed by atoms with Crippen molar-refractivity contribution in [1.82, 2.24) is 14.5 Å². The van der Waals surface area contributed by atoms with E-state index in [1.54, 1.807) is 0 Å². The molecule has 0 aromatic carbocycles. The molecule has 2 saturated heterocycles. The van der Waals surface area contributed by atoms with Crippen molar-refractivity contribution in [3.8, 4) is 0 Å². The molecule has 0 aliphatic carbocycles. The summed E-state index contributed by atoms with van der Waals surface area (Å²) in [4.78, 5) is 6.98. The smallest absolute Gasteiger partial charge is 0.357 e. The molecule has 0 aromatic heterocycles. The van der Waals surface area contributed by atoms with E-state index in [1.807, 2.05) is 18.7 Å². The first kappa shape index (κ1) is 23.6.